The average molecular weight is 278 g/mol. The second kappa shape index (κ2) is 6.22. The molecule has 5 nitrogen and oxygen atoms in total. The SMILES string of the molecule is CCCN(CC1CC1)c1ccc(C(C)O)cc1[N+](=O)[O-]. The highest BCUT2D eigenvalue weighted by molar-refractivity contribution is 5.64. The van der Waals surface area contributed by atoms with E-state index in [1.807, 2.05) is 0 Å². The van der Waals surface area contributed by atoms with E-state index in [0.29, 0.717) is 17.2 Å². The van der Waals surface area contributed by atoms with Crippen LogP contribution in [0.25, 0.3) is 0 Å². The molecule has 1 N–H and O–H groups in total. The van der Waals surface area contributed by atoms with Gasteiger partial charge in [0.05, 0.1) is 11.0 Å². The van der Waals surface area contributed by atoms with Crippen molar-refractivity contribution in [2.24, 2.45) is 5.92 Å². The van der Waals surface area contributed by atoms with Crippen LogP contribution in [0.15, 0.2) is 18.2 Å². The van der Waals surface area contributed by atoms with Crippen molar-refractivity contribution in [2.75, 3.05) is 18.0 Å². The van der Waals surface area contributed by atoms with E-state index in [9.17, 15) is 15.2 Å². The van der Waals surface area contributed by atoms with Gasteiger partial charge < -0.3 is 10.0 Å². The summed E-state index contributed by atoms with van der Waals surface area (Å²) >= 11 is 0. The van der Waals surface area contributed by atoms with Crippen molar-refractivity contribution in [1.29, 1.82) is 0 Å². The zero-order valence-corrected chi connectivity index (χ0v) is 12.1. The Morgan fingerprint density at radius 1 is 1.50 bits per heavy atom. The Kier molecular flexibility index (Phi) is 4.60. The molecule has 1 aliphatic rings. The first-order valence-corrected chi connectivity index (χ1v) is 7.24. The third kappa shape index (κ3) is 3.48. The quantitative estimate of drug-likeness (QED) is 0.614. The summed E-state index contributed by atoms with van der Waals surface area (Å²) in [5.74, 6) is 0.678. The molecule has 0 aromatic heterocycles. The van der Waals surface area contributed by atoms with Gasteiger partial charge in [-0.15, -0.1) is 0 Å². The summed E-state index contributed by atoms with van der Waals surface area (Å²) in [6.45, 7) is 5.41. The molecule has 1 aromatic carbocycles. The van der Waals surface area contributed by atoms with E-state index >= 15 is 0 Å². The second-order valence-corrected chi connectivity index (χ2v) is 5.57. The van der Waals surface area contributed by atoms with Crippen molar-refractivity contribution < 1.29 is 10.0 Å². The van der Waals surface area contributed by atoms with Gasteiger partial charge in [0.15, 0.2) is 0 Å². The summed E-state index contributed by atoms with van der Waals surface area (Å²) in [7, 11) is 0. The summed E-state index contributed by atoms with van der Waals surface area (Å²) in [5, 5.41) is 20.9. The molecular weight excluding hydrogens is 256 g/mol. The minimum atomic E-state index is -0.689. The maximum absolute atomic E-state index is 11.3. The molecule has 0 spiro atoms. The molecule has 1 fully saturated rings. The number of aliphatic hydroxyl groups is 1. The third-order valence-corrected chi connectivity index (χ3v) is 3.69. The number of anilines is 1. The summed E-state index contributed by atoms with van der Waals surface area (Å²) in [4.78, 5) is 13.1. The predicted molar refractivity (Wildman–Crippen MR) is 79.0 cm³/mol. The third-order valence-electron chi connectivity index (χ3n) is 3.69. The molecule has 0 aliphatic heterocycles. The number of nitro groups is 1. The number of hydrogen-bond donors (Lipinski definition) is 1. The maximum Gasteiger partial charge on any atom is 0.292 e. The summed E-state index contributed by atoms with van der Waals surface area (Å²) < 4.78 is 0. The number of rotatable bonds is 7. The number of nitrogens with zero attached hydrogens (tertiary/aromatic N) is 2. The molecule has 20 heavy (non-hydrogen) atoms. The fraction of sp³-hybridized carbons (Fsp3) is 0.600. The van der Waals surface area contributed by atoms with Gasteiger partial charge in [0.1, 0.15) is 5.69 Å². The topological polar surface area (TPSA) is 66.6 Å². The molecule has 110 valence electrons. The number of benzene rings is 1. The zero-order chi connectivity index (χ0) is 14.7. The fourth-order valence-electron chi connectivity index (χ4n) is 2.41. The van der Waals surface area contributed by atoms with Gasteiger partial charge in [0.25, 0.3) is 5.69 Å². The van der Waals surface area contributed by atoms with Crippen LogP contribution in [0.3, 0.4) is 0 Å². The number of hydrogen-bond acceptors (Lipinski definition) is 4. The van der Waals surface area contributed by atoms with Crippen molar-refractivity contribution >= 4 is 11.4 Å². The van der Waals surface area contributed by atoms with Crippen LogP contribution in [0, 0.1) is 16.0 Å². The smallest absolute Gasteiger partial charge is 0.292 e. The molecule has 1 aromatic rings. The molecule has 0 amide bonds. The molecule has 1 saturated carbocycles. The Labute approximate surface area is 119 Å². The first-order chi connectivity index (χ1) is 9.52. The van der Waals surface area contributed by atoms with Gasteiger partial charge in [0, 0.05) is 19.2 Å². The monoisotopic (exact) mass is 278 g/mol. The minimum Gasteiger partial charge on any atom is -0.389 e. The van der Waals surface area contributed by atoms with E-state index in [-0.39, 0.29) is 10.6 Å². The van der Waals surface area contributed by atoms with Crippen molar-refractivity contribution in [3.05, 3.63) is 33.9 Å². The highest BCUT2D eigenvalue weighted by Gasteiger charge is 2.27. The van der Waals surface area contributed by atoms with E-state index < -0.39 is 6.10 Å². The van der Waals surface area contributed by atoms with Gasteiger partial charge in [-0.05, 0) is 43.7 Å². The van der Waals surface area contributed by atoms with Crippen molar-refractivity contribution in [3.8, 4) is 0 Å². The lowest BCUT2D eigenvalue weighted by Gasteiger charge is -2.24. The van der Waals surface area contributed by atoms with Gasteiger partial charge in [-0.1, -0.05) is 13.0 Å². The van der Waals surface area contributed by atoms with E-state index in [0.717, 1.165) is 19.5 Å². The van der Waals surface area contributed by atoms with Crippen LogP contribution in [0.1, 0.15) is 44.8 Å². The van der Waals surface area contributed by atoms with Gasteiger partial charge in [0.2, 0.25) is 0 Å². The number of nitro benzene ring substituents is 1. The standard InChI is InChI=1S/C15H22N2O3/c1-3-8-16(10-12-4-5-12)14-7-6-13(11(2)18)9-15(14)17(19)20/h6-7,9,11-12,18H,3-5,8,10H2,1-2H3. The van der Waals surface area contributed by atoms with Crippen LogP contribution < -0.4 is 4.90 Å². The first kappa shape index (κ1) is 14.8. The summed E-state index contributed by atoms with van der Waals surface area (Å²) in [6.07, 6.45) is 2.72. The first-order valence-electron chi connectivity index (χ1n) is 7.24. The van der Waals surface area contributed by atoms with Crippen molar-refractivity contribution in [3.63, 3.8) is 0 Å². The average Bonchev–Trinajstić information content (AvgIpc) is 3.21. The Balaban J connectivity index is 2.33. The molecule has 5 heteroatoms. The van der Waals surface area contributed by atoms with Gasteiger partial charge in [-0.25, -0.2) is 0 Å². The molecular formula is C15H22N2O3. The number of aliphatic hydroxyl groups excluding tert-OH is 1. The van der Waals surface area contributed by atoms with Gasteiger partial charge >= 0.3 is 0 Å². The van der Waals surface area contributed by atoms with Crippen molar-refractivity contribution in [2.45, 2.75) is 39.2 Å². The van der Waals surface area contributed by atoms with Crippen LogP contribution in [0.4, 0.5) is 11.4 Å². The molecule has 0 saturated heterocycles. The molecule has 2 rings (SSSR count). The van der Waals surface area contributed by atoms with Crippen molar-refractivity contribution in [1.82, 2.24) is 0 Å². The normalized spacial score (nSPS) is 15.9. The lowest BCUT2D eigenvalue weighted by Crippen LogP contribution is -2.27. The zero-order valence-electron chi connectivity index (χ0n) is 12.1. The van der Waals surface area contributed by atoms with Crippen LogP contribution in [-0.2, 0) is 0 Å². The Morgan fingerprint density at radius 3 is 2.70 bits per heavy atom. The van der Waals surface area contributed by atoms with Crippen LogP contribution in [0.2, 0.25) is 0 Å². The van der Waals surface area contributed by atoms with E-state index in [4.69, 9.17) is 0 Å². The van der Waals surface area contributed by atoms with E-state index in [1.54, 1.807) is 19.1 Å². The lowest BCUT2D eigenvalue weighted by atomic mass is 10.1. The maximum atomic E-state index is 11.3. The predicted octanol–water partition coefficient (Wildman–Crippen LogP) is 3.27. The highest BCUT2D eigenvalue weighted by Crippen LogP contribution is 2.36. The van der Waals surface area contributed by atoms with Gasteiger partial charge in [-0.3, -0.25) is 10.1 Å². The van der Waals surface area contributed by atoms with Crippen LogP contribution in [0.5, 0.6) is 0 Å². The fourth-order valence-corrected chi connectivity index (χ4v) is 2.41. The molecule has 0 radical (unpaired) electrons. The van der Waals surface area contributed by atoms with Crippen LogP contribution in [-0.4, -0.2) is 23.1 Å². The highest BCUT2D eigenvalue weighted by atomic mass is 16.6. The largest absolute Gasteiger partial charge is 0.389 e. The second-order valence-electron chi connectivity index (χ2n) is 5.57. The van der Waals surface area contributed by atoms with E-state index in [1.165, 1.54) is 18.9 Å². The van der Waals surface area contributed by atoms with E-state index in [2.05, 4.69) is 11.8 Å². The summed E-state index contributed by atoms with van der Waals surface area (Å²) in [6, 6.07) is 5.05. The molecule has 1 unspecified atom stereocenters. The minimum absolute atomic E-state index is 0.0949. The molecule has 0 heterocycles. The Morgan fingerprint density at radius 2 is 2.20 bits per heavy atom. The molecule has 1 atom stereocenters. The molecule has 1 aliphatic carbocycles. The van der Waals surface area contributed by atoms with Gasteiger partial charge in [-0.2, -0.15) is 0 Å². The molecule has 0 bridgehead atoms. The Hall–Kier alpha value is -1.62. The van der Waals surface area contributed by atoms with Crippen LogP contribution >= 0.6 is 0 Å². The Bertz CT molecular complexity index is 484. The lowest BCUT2D eigenvalue weighted by molar-refractivity contribution is -0.384. The summed E-state index contributed by atoms with van der Waals surface area (Å²) in [5.41, 5.74) is 1.36.